The third kappa shape index (κ3) is 6.99. The number of thiol groups is 1. The van der Waals surface area contributed by atoms with Gasteiger partial charge in [-0.2, -0.15) is 12.6 Å². The number of hydrogen-bond acceptors (Lipinski definition) is 2. The summed E-state index contributed by atoms with van der Waals surface area (Å²) >= 11 is 4.23. The van der Waals surface area contributed by atoms with Crippen molar-refractivity contribution in [2.45, 2.75) is 52.0 Å². The zero-order valence-electron chi connectivity index (χ0n) is 8.47. The molecule has 0 spiro atoms. The Morgan fingerprint density at radius 1 is 1.17 bits per heavy atom. The molecule has 2 heteroatoms. The highest BCUT2D eigenvalue weighted by Gasteiger charge is 2.04. The van der Waals surface area contributed by atoms with Crippen molar-refractivity contribution in [1.82, 2.24) is 5.32 Å². The van der Waals surface area contributed by atoms with Crippen LogP contribution in [-0.4, -0.2) is 18.3 Å². The molecule has 0 aromatic rings. The molecule has 12 heavy (non-hydrogen) atoms. The Morgan fingerprint density at radius 3 is 2.42 bits per heavy atom. The van der Waals surface area contributed by atoms with Gasteiger partial charge < -0.3 is 5.32 Å². The van der Waals surface area contributed by atoms with Crippen molar-refractivity contribution in [3.63, 3.8) is 0 Å². The molecule has 1 nitrogen and oxygen atoms in total. The van der Waals surface area contributed by atoms with Crippen LogP contribution < -0.4 is 5.32 Å². The highest BCUT2D eigenvalue weighted by molar-refractivity contribution is 7.80. The van der Waals surface area contributed by atoms with Crippen LogP contribution in [0.15, 0.2) is 0 Å². The summed E-state index contributed by atoms with van der Waals surface area (Å²) in [6.45, 7) is 5.63. The van der Waals surface area contributed by atoms with Crippen LogP contribution in [-0.2, 0) is 0 Å². The predicted octanol–water partition coefficient (Wildman–Crippen LogP) is 2.86. The molecule has 0 aliphatic carbocycles. The molecule has 0 aliphatic rings. The first kappa shape index (κ1) is 12.3. The molecule has 1 unspecified atom stereocenters. The second-order valence-electron chi connectivity index (χ2n) is 3.31. The standard InChI is InChI=1S/C10H23NS/c1-3-6-10(7-5-9-12)11-8-4-2/h10-12H,3-9H2,1-2H3. The average Bonchev–Trinajstić information content (AvgIpc) is 2.10. The molecular formula is C10H23NS. The largest absolute Gasteiger partial charge is 0.314 e. The van der Waals surface area contributed by atoms with Crippen LogP contribution in [0.2, 0.25) is 0 Å². The maximum atomic E-state index is 4.23. The van der Waals surface area contributed by atoms with E-state index in [0.717, 1.165) is 18.3 Å². The quantitative estimate of drug-likeness (QED) is 0.560. The maximum Gasteiger partial charge on any atom is 0.00672 e. The van der Waals surface area contributed by atoms with Crippen molar-refractivity contribution in [2.24, 2.45) is 0 Å². The van der Waals surface area contributed by atoms with Crippen molar-refractivity contribution in [3.8, 4) is 0 Å². The molecule has 0 aromatic carbocycles. The summed E-state index contributed by atoms with van der Waals surface area (Å²) in [7, 11) is 0. The van der Waals surface area contributed by atoms with Gasteiger partial charge in [0.05, 0.1) is 0 Å². The predicted molar refractivity (Wildman–Crippen MR) is 60.1 cm³/mol. The summed E-state index contributed by atoms with van der Waals surface area (Å²) in [5.41, 5.74) is 0. The summed E-state index contributed by atoms with van der Waals surface area (Å²) in [5.74, 6) is 1.02. The normalized spacial score (nSPS) is 13.2. The summed E-state index contributed by atoms with van der Waals surface area (Å²) in [4.78, 5) is 0. The van der Waals surface area contributed by atoms with Gasteiger partial charge in [0.25, 0.3) is 0 Å². The van der Waals surface area contributed by atoms with E-state index in [1.807, 2.05) is 0 Å². The zero-order chi connectivity index (χ0) is 9.23. The molecule has 0 bridgehead atoms. The zero-order valence-corrected chi connectivity index (χ0v) is 9.37. The van der Waals surface area contributed by atoms with E-state index in [2.05, 4.69) is 31.8 Å². The van der Waals surface area contributed by atoms with E-state index in [4.69, 9.17) is 0 Å². The minimum absolute atomic E-state index is 0.738. The van der Waals surface area contributed by atoms with Crippen LogP contribution in [0.4, 0.5) is 0 Å². The van der Waals surface area contributed by atoms with Crippen LogP contribution in [0.1, 0.15) is 46.0 Å². The molecule has 0 radical (unpaired) electrons. The Labute approximate surface area is 82.7 Å². The fourth-order valence-electron chi connectivity index (χ4n) is 1.38. The summed E-state index contributed by atoms with van der Waals surface area (Å²) in [6.07, 6.45) is 6.37. The van der Waals surface area contributed by atoms with Crippen LogP contribution in [0, 0.1) is 0 Å². The van der Waals surface area contributed by atoms with E-state index in [-0.39, 0.29) is 0 Å². The van der Waals surface area contributed by atoms with E-state index < -0.39 is 0 Å². The SMILES string of the molecule is CCCNC(CCC)CCCS. The molecule has 0 fully saturated rings. The van der Waals surface area contributed by atoms with Crippen LogP contribution in [0.3, 0.4) is 0 Å². The van der Waals surface area contributed by atoms with Gasteiger partial charge in [0.2, 0.25) is 0 Å². The lowest BCUT2D eigenvalue weighted by atomic mass is 10.1. The fraction of sp³-hybridized carbons (Fsp3) is 1.00. The molecular weight excluding hydrogens is 166 g/mol. The van der Waals surface area contributed by atoms with Crippen molar-refractivity contribution >= 4 is 12.6 Å². The van der Waals surface area contributed by atoms with E-state index in [1.165, 1.54) is 32.1 Å². The summed E-state index contributed by atoms with van der Waals surface area (Å²) in [5, 5.41) is 3.57. The lowest BCUT2D eigenvalue weighted by Crippen LogP contribution is -2.29. The third-order valence-electron chi connectivity index (χ3n) is 2.03. The second kappa shape index (κ2) is 9.40. The van der Waals surface area contributed by atoms with E-state index in [0.29, 0.717) is 0 Å². The van der Waals surface area contributed by atoms with E-state index in [9.17, 15) is 0 Å². The first-order chi connectivity index (χ1) is 5.85. The second-order valence-corrected chi connectivity index (χ2v) is 3.75. The van der Waals surface area contributed by atoms with Gasteiger partial charge in [0.15, 0.2) is 0 Å². The van der Waals surface area contributed by atoms with Gasteiger partial charge in [0, 0.05) is 6.04 Å². The first-order valence-electron chi connectivity index (χ1n) is 5.19. The molecule has 1 atom stereocenters. The van der Waals surface area contributed by atoms with Crippen LogP contribution in [0.5, 0.6) is 0 Å². The van der Waals surface area contributed by atoms with E-state index >= 15 is 0 Å². The van der Waals surface area contributed by atoms with Crippen molar-refractivity contribution in [2.75, 3.05) is 12.3 Å². The lowest BCUT2D eigenvalue weighted by molar-refractivity contribution is 0.446. The van der Waals surface area contributed by atoms with Gasteiger partial charge in [-0.25, -0.2) is 0 Å². The number of nitrogens with one attached hydrogen (secondary N) is 1. The Balaban J connectivity index is 3.40. The molecule has 0 saturated carbocycles. The fourth-order valence-corrected chi connectivity index (χ4v) is 1.57. The Kier molecular flexibility index (Phi) is 9.64. The average molecular weight is 189 g/mol. The van der Waals surface area contributed by atoms with E-state index in [1.54, 1.807) is 0 Å². The molecule has 0 aromatic heterocycles. The van der Waals surface area contributed by atoms with Gasteiger partial charge in [-0.1, -0.05) is 20.3 Å². The monoisotopic (exact) mass is 189 g/mol. The molecule has 0 rings (SSSR count). The Bertz CT molecular complexity index is 77.9. The van der Waals surface area contributed by atoms with Crippen LogP contribution in [0.25, 0.3) is 0 Å². The topological polar surface area (TPSA) is 12.0 Å². The van der Waals surface area contributed by atoms with Gasteiger partial charge >= 0.3 is 0 Å². The van der Waals surface area contributed by atoms with Gasteiger partial charge in [-0.15, -0.1) is 0 Å². The molecule has 0 heterocycles. The van der Waals surface area contributed by atoms with Crippen molar-refractivity contribution in [1.29, 1.82) is 0 Å². The smallest absolute Gasteiger partial charge is 0.00672 e. The molecule has 1 N–H and O–H groups in total. The van der Waals surface area contributed by atoms with Gasteiger partial charge in [0.1, 0.15) is 0 Å². The third-order valence-corrected chi connectivity index (χ3v) is 2.35. The molecule has 74 valence electrons. The summed E-state index contributed by atoms with van der Waals surface area (Å²) < 4.78 is 0. The highest BCUT2D eigenvalue weighted by atomic mass is 32.1. The number of hydrogen-bond donors (Lipinski definition) is 2. The minimum Gasteiger partial charge on any atom is -0.314 e. The van der Waals surface area contributed by atoms with Gasteiger partial charge in [-0.3, -0.25) is 0 Å². The summed E-state index contributed by atoms with van der Waals surface area (Å²) in [6, 6.07) is 0.738. The van der Waals surface area contributed by atoms with Crippen molar-refractivity contribution < 1.29 is 0 Å². The first-order valence-corrected chi connectivity index (χ1v) is 5.82. The van der Waals surface area contributed by atoms with Crippen LogP contribution >= 0.6 is 12.6 Å². The van der Waals surface area contributed by atoms with Crippen molar-refractivity contribution in [3.05, 3.63) is 0 Å². The molecule has 0 amide bonds. The molecule has 0 aliphatic heterocycles. The molecule has 0 saturated heterocycles. The maximum absolute atomic E-state index is 4.23. The number of rotatable bonds is 8. The minimum atomic E-state index is 0.738. The Hall–Kier alpha value is 0.310. The highest BCUT2D eigenvalue weighted by Crippen LogP contribution is 2.05. The lowest BCUT2D eigenvalue weighted by Gasteiger charge is -2.16. The Morgan fingerprint density at radius 2 is 1.92 bits per heavy atom. The van der Waals surface area contributed by atoms with Gasteiger partial charge in [-0.05, 0) is 38.0 Å².